The molecule has 1 aromatic rings. The first-order valence-electron chi connectivity index (χ1n) is 4.64. The van der Waals surface area contributed by atoms with Gasteiger partial charge in [0.2, 0.25) is 0 Å². The third kappa shape index (κ3) is 2.91. The summed E-state index contributed by atoms with van der Waals surface area (Å²) in [5.41, 5.74) is 2.62. The summed E-state index contributed by atoms with van der Waals surface area (Å²) in [5, 5.41) is 29.6. The quantitative estimate of drug-likeness (QED) is 0.361. The monoisotopic (exact) mass is 266 g/mol. The minimum Gasteiger partial charge on any atom is -0.447 e. The van der Waals surface area contributed by atoms with E-state index < -0.39 is 45.0 Å². The zero-order chi connectivity index (χ0) is 14.6. The summed E-state index contributed by atoms with van der Waals surface area (Å²) >= 11 is 0. The van der Waals surface area contributed by atoms with Crippen LogP contribution in [-0.4, -0.2) is 22.4 Å². The number of hydrogen-bond acceptors (Lipinski definition) is 8. The molecule has 0 aliphatic heterocycles. The van der Waals surface area contributed by atoms with Crippen molar-refractivity contribution in [3.05, 3.63) is 37.9 Å². The smallest absolute Gasteiger partial charge is 0.339 e. The molecular formula is C9H6N4O6. The predicted molar refractivity (Wildman–Crippen MR) is 60.1 cm³/mol. The van der Waals surface area contributed by atoms with E-state index in [2.05, 4.69) is 4.74 Å². The summed E-state index contributed by atoms with van der Waals surface area (Å²) in [7, 11) is 0. The summed E-state index contributed by atoms with van der Waals surface area (Å²) < 4.78 is 4.40. The highest BCUT2D eigenvalue weighted by molar-refractivity contribution is 5.93. The molecule has 0 aliphatic carbocycles. The molecule has 10 heteroatoms. The molecule has 1 rings (SSSR count). The molecule has 98 valence electrons. The van der Waals surface area contributed by atoms with Crippen LogP contribution in [0.3, 0.4) is 0 Å². The molecule has 0 fully saturated rings. The van der Waals surface area contributed by atoms with Crippen LogP contribution in [0.2, 0.25) is 0 Å². The van der Waals surface area contributed by atoms with Gasteiger partial charge in [-0.15, -0.1) is 0 Å². The van der Waals surface area contributed by atoms with Gasteiger partial charge in [-0.2, -0.15) is 5.26 Å². The highest BCUT2D eigenvalue weighted by Crippen LogP contribution is 2.32. The van der Waals surface area contributed by atoms with Crippen molar-refractivity contribution in [2.45, 2.75) is 0 Å². The molecule has 0 radical (unpaired) electrons. The van der Waals surface area contributed by atoms with Crippen molar-refractivity contribution in [1.29, 1.82) is 5.26 Å². The molecule has 10 nitrogen and oxygen atoms in total. The van der Waals surface area contributed by atoms with Crippen LogP contribution in [0, 0.1) is 31.6 Å². The van der Waals surface area contributed by atoms with Gasteiger partial charge in [0.05, 0.1) is 15.4 Å². The van der Waals surface area contributed by atoms with E-state index >= 15 is 0 Å². The van der Waals surface area contributed by atoms with E-state index in [9.17, 15) is 25.0 Å². The number of hydrogen-bond donors (Lipinski definition) is 1. The molecule has 0 heterocycles. The van der Waals surface area contributed by atoms with Crippen molar-refractivity contribution in [2.24, 2.45) is 0 Å². The minimum atomic E-state index is -1.09. The van der Waals surface area contributed by atoms with Crippen LogP contribution in [0.1, 0.15) is 10.4 Å². The van der Waals surface area contributed by atoms with Gasteiger partial charge in [0, 0.05) is 12.1 Å². The van der Waals surface area contributed by atoms with Crippen LogP contribution in [0.5, 0.6) is 0 Å². The normalized spacial score (nSPS) is 9.42. The number of benzene rings is 1. The molecule has 0 saturated heterocycles. The van der Waals surface area contributed by atoms with E-state index in [1.807, 2.05) is 0 Å². The summed E-state index contributed by atoms with van der Waals surface area (Å²) in [6, 6.07) is 3.02. The maximum Gasteiger partial charge on any atom is 0.339 e. The topological polar surface area (TPSA) is 162 Å². The molecule has 19 heavy (non-hydrogen) atoms. The Hall–Kier alpha value is -3.22. The number of ether oxygens (including phenoxy) is 1. The Balaban J connectivity index is 3.35. The molecule has 0 spiro atoms. The Morgan fingerprint density at radius 3 is 2.16 bits per heavy atom. The van der Waals surface area contributed by atoms with Crippen molar-refractivity contribution in [2.75, 3.05) is 12.3 Å². The second-order valence-corrected chi connectivity index (χ2v) is 3.18. The molecule has 1 aromatic carbocycles. The average Bonchev–Trinajstić information content (AvgIpc) is 2.35. The molecule has 0 atom stereocenters. The summed E-state index contributed by atoms with van der Waals surface area (Å²) in [6.07, 6.45) is 0. The van der Waals surface area contributed by atoms with Crippen LogP contribution < -0.4 is 5.73 Å². The molecule has 0 amide bonds. The highest BCUT2D eigenvalue weighted by Gasteiger charge is 2.26. The first-order valence-corrected chi connectivity index (χ1v) is 4.64. The van der Waals surface area contributed by atoms with Crippen molar-refractivity contribution in [3.63, 3.8) is 0 Å². The largest absolute Gasteiger partial charge is 0.447 e. The van der Waals surface area contributed by atoms with Crippen molar-refractivity contribution < 1.29 is 19.4 Å². The number of nitro groups is 2. The van der Waals surface area contributed by atoms with Gasteiger partial charge in [-0.1, -0.05) is 0 Å². The number of rotatable bonds is 4. The maximum atomic E-state index is 11.4. The van der Waals surface area contributed by atoms with Crippen LogP contribution in [0.25, 0.3) is 0 Å². The Labute approximate surface area is 105 Å². The van der Waals surface area contributed by atoms with E-state index in [4.69, 9.17) is 11.0 Å². The van der Waals surface area contributed by atoms with Crippen molar-refractivity contribution in [1.82, 2.24) is 0 Å². The molecule has 0 aliphatic rings. The maximum absolute atomic E-state index is 11.4. The van der Waals surface area contributed by atoms with E-state index in [0.29, 0.717) is 0 Å². The number of nitrogens with two attached hydrogens (primary N) is 1. The lowest BCUT2D eigenvalue weighted by Gasteiger charge is -2.03. The molecule has 0 bridgehead atoms. The van der Waals surface area contributed by atoms with Gasteiger partial charge in [-0.05, 0) is 0 Å². The molecular weight excluding hydrogens is 260 g/mol. The van der Waals surface area contributed by atoms with Crippen LogP contribution >= 0.6 is 0 Å². The van der Waals surface area contributed by atoms with Gasteiger partial charge >= 0.3 is 5.97 Å². The zero-order valence-corrected chi connectivity index (χ0v) is 9.23. The first-order chi connectivity index (χ1) is 8.88. The van der Waals surface area contributed by atoms with Crippen LogP contribution in [-0.2, 0) is 4.74 Å². The first kappa shape index (κ1) is 13.8. The molecule has 0 saturated carbocycles. The Morgan fingerprint density at radius 1 is 1.32 bits per heavy atom. The number of carbonyl (C=O) groups excluding carboxylic acids is 1. The molecule has 2 N–H and O–H groups in total. The third-order valence-electron chi connectivity index (χ3n) is 2.03. The number of nitrogens with zero attached hydrogens (tertiary/aromatic N) is 3. The summed E-state index contributed by atoms with van der Waals surface area (Å²) in [5.74, 6) is -1.09. The highest BCUT2D eigenvalue weighted by atomic mass is 16.6. The van der Waals surface area contributed by atoms with E-state index in [0.717, 1.165) is 12.1 Å². The molecule has 0 unspecified atom stereocenters. The van der Waals surface area contributed by atoms with Crippen molar-refractivity contribution in [3.8, 4) is 6.07 Å². The average molecular weight is 266 g/mol. The molecule has 0 aromatic heterocycles. The number of nitro benzene ring substituents is 2. The number of nitrogen functional groups attached to an aromatic ring is 1. The summed E-state index contributed by atoms with van der Waals surface area (Å²) in [6.45, 7) is -0.579. The number of nitriles is 1. The zero-order valence-electron chi connectivity index (χ0n) is 9.23. The Kier molecular flexibility index (Phi) is 3.94. The van der Waals surface area contributed by atoms with Crippen LogP contribution in [0.4, 0.5) is 17.1 Å². The lowest BCUT2D eigenvalue weighted by molar-refractivity contribution is -0.392. The fourth-order valence-electron chi connectivity index (χ4n) is 1.22. The van der Waals surface area contributed by atoms with Gasteiger partial charge in [-0.3, -0.25) is 20.2 Å². The van der Waals surface area contributed by atoms with Gasteiger partial charge < -0.3 is 10.5 Å². The van der Waals surface area contributed by atoms with Crippen LogP contribution in [0.15, 0.2) is 12.1 Å². The van der Waals surface area contributed by atoms with Gasteiger partial charge in [0.1, 0.15) is 6.07 Å². The minimum absolute atomic E-state index is 0.428. The Bertz CT molecular complexity index is 570. The van der Waals surface area contributed by atoms with Gasteiger partial charge in [-0.25, -0.2) is 4.79 Å². The summed E-state index contributed by atoms with van der Waals surface area (Å²) in [4.78, 5) is 30.9. The third-order valence-corrected chi connectivity index (χ3v) is 2.03. The van der Waals surface area contributed by atoms with Gasteiger partial charge in [0.25, 0.3) is 11.4 Å². The number of esters is 1. The van der Waals surface area contributed by atoms with E-state index in [1.54, 1.807) is 0 Å². The second-order valence-electron chi connectivity index (χ2n) is 3.18. The fourth-order valence-corrected chi connectivity index (χ4v) is 1.22. The predicted octanol–water partition coefficient (Wildman–Crippen LogP) is 0.766. The fraction of sp³-hybridized carbons (Fsp3) is 0.111. The SMILES string of the molecule is N#CCOC(=O)c1cc([N+](=O)[O-])c(N)c([N+](=O)[O-])c1. The van der Waals surface area contributed by atoms with Crippen molar-refractivity contribution >= 4 is 23.0 Å². The standard InChI is InChI=1S/C9H6N4O6/c10-1-2-19-9(14)5-3-6(12(15)16)8(11)7(4-5)13(17)18/h3-4H,2,11H2. The number of anilines is 1. The second kappa shape index (κ2) is 5.41. The lowest BCUT2D eigenvalue weighted by atomic mass is 10.1. The number of carbonyl (C=O) groups is 1. The Morgan fingerprint density at radius 2 is 1.79 bits per heavy atom. The van der Waals surface area contributed by atoms with Gasteiger partial charge in [0.15, 0.2) is 12.3 Å². The van der Waals surface area contributed by atoms with E-state index in [-0.39, 0.29) is 0 Å². The lowest BCUT2D eigenvalue weighted by Crippen LogP contribution is -2.09. The van der Waals surface area contributed by atoms with E-state index in [1.165, 1.54) is 6.07 Å².